The van der Waals surface area contributed by atoms with Gasteiger partial charge in [0.05, 0.1) is 16.8 Å². The summed E-state index contributed by atoms with van der Waals surface area (Å²) in [6, 6.07) is 6.38. The second-order valence-corrected chi connectivity index (χ2v) is 4.12. The lowest BCUT2D eigenvalue weighted by Crippen LogP contribution is -2.17. The van der Waals surface area contributed by atoms with Crippen LogP contribution in [0, 0.1) is 11.6 Å². The Labute approximate surface area is 116 Å². The molecule has 7 heteroatoms. The van der Waals surface area contributed by atoms with E-state index in [-0.39, 0.29) is 0 Å². The van der Waals surface area contributed by atoms with Crippen molar-refractivity contribution >= 4 is 11.6 Å². The van der Waals surface area contributed by atoms with Crippen LogP contribution in [0.25, 0.3) is 0 Å². The quantitative estimate of drug-likeness (QED) is 0.826. The van der Waals surface area contributed by atoms with Gasteiger partial charge in [0, 0.05) is 0 Å². The predicted molar refractivity (Wildman–Crippen MR) is 65.8 cm³/mol. The van der Waals surface area contributed by atoms with Crippen LogP contribution in [-0.2, 0) is 6.18 Å². The van der Waals surface area contributed by atoms with Crippen molar-refractivity contribution in [1.29, 1.82) is 0 Å². The van der Waals surface area contributed by atoms with E-state index in [9.17, 15) is 26.7 Å². The van der Waals surface area contributed by atoms with Crippen LogP contribution in [0.1, 0.15) is 15.9 Å². The van der Waals surface area contributed by atoms with Gasteiger partial charge in [-0.3, -0.25) is 4.79 Å². The molecule has 0 bridgehead atoms. The van der Waals surface area contributed by atoms with E-state index in [4.69, 9.17) is 0 Å². The molecule has 0 saturated heterocycles. The van der Waals surface area contributed by atoms with E-state index in [2.05, 4.69) is 0 Å². The van der Waals surface area contributed by atoms with Crippen molar-refractivity contribution in [2.24, 2.45) is 0 Å². The van der Waals surface area contributed by atoms with Crippen LogP contribution in [0.15, 0.2) is 42.5 Å². The van der Waals surface area contributed by atoms with Crippen LogP contribution in [0.4, 0.5) is 27.6 Å². The molecule has 0 unspecified atom stereocenters. The van der Waals surface area contributed by atoms with Gasteiger partial charge in [-0.15, -0.1) is 0 Å². The number of para-hydroxylation sites is 1. The Kier molecular flexibility index (Phi) is 3.93. The highest BCUT2D eigenvalue weighted by Crippen LogP contribution is 2.34. The second-order valence-electron chi connectivity index (χ2n) is 4.12. The van der Waals surface area contributed by atoms with Gasteiger partial charge in [0.25, 0.3) is 5.91 Å². The SMILES string of the molecule is O=C(Nc1ccccc1C(F)(F)F)c1cc(F)ccc1F. The fourth-order valence-corrected chi connectivity index (χ4v) is 1.70. The van der Waals surface area contributed by atoms with Crippen molar-refractivity contribution in [3.05, 3.63) is 65.2 Å². The van der Waals surface area contributed by atoms with E-state index in [1.807, 2.05) is 5.32 Å². The number of anilines is 1. The molecule has 0 aliphatic rings. The first kappa shape index (κ1) is 15.0. The van der Waals surface area contributed by atoms with Gasteiger partial charge in [0.15, 0.2) is 0 Å². The van der Waals surface area contributed by atoms with E-state index < -0.39 is 40.5 Å². The molecule has 1 N–H and O–H groups in total. The molecule has 0 spiro atoms. The van der Waals surface area contributed by atoms with Crippen molar-refractivity contribution in [2.45, 2.75) is 6.18 Å². The number of halogens is 5. The van der Waals surface area contributed by atoms with Crippen LogP contribution >= 0.6 is 0 Å². The molecule has 0 fully saturated rings. The summed E-state index contributed by atoms with van der Waals surface area (Å²) in [6.45, 7) is 0. The van der Waals surface area contributed by atoms with Gasteiger partial charge in [-0.25, -0.2) is 8.78 Å². The number of alkyl halides is 3. The average Bonchev–Trinajstić information content (AvgIpc) is 2.41. The molecular formula is C14H8F5NO. The van der Waals surface area contributed by atoms with Crippen LogP contribution in [0.2, 0.25) is 0 Å². The standard InChI is InChI=1S/C14H8F5NO/c15-8-5-6-11(16)9(7-8)13(21)20-12-4-2-1-3-10(12)14(17,18)19/h1-7H,(H,20,21). The number of rotatable bonds is 2. The minimum Gasteiger partial charge on any atom is -0.321 e. The summed E-state index contributed by atoms with van der Waals surface area (Å²) in [6.07, 6.45) is -4.68. The lowest BCUT2D eigenvalue weighted by atomic mass is 10.1. The fourth-order valence-electron chi connectivity index (χ4n) is 1.70. The van der Waals surface area contributed by atoms with E-state index >= 15 is 0 Å². The summed E-state index contributed by atoms with van der Waals surface area (Å²) in [5, 5.41) is 1.94. The van der Waals surface area contributed by atoms with E-state index in [0.717, 1.165) is 30.3 Å². The van der Waals surface area contributed by atoms with E-state index in [1.54, 1.807) is 0 Å². The van der Waals surface area contributed by atoms with Crippen molar-refractivity contribution in [3.8, 4) is 0 Å². The smallest absolute Gasteiger partial charge is 0.321 e. The maximum absolute atomic E-state index is 13.4. The van der Waals surface area contributed by atoms with Crippen LogP contribution in [0.3, 0.4) is 0 Å². The summed E-state index contributed by atoms with van der Waals surface area (Å²) in [7, 11) is 0. The predicted octanol–water partition coefficient (Wildman–Crippen LogP) is 4.24. The monoisotopic (exact) mass is 301 g/mol. The number of carbonyl (C=O) groups excluding carboxylic acids is 1. The first-order valence-electron chi connectivity index (χ1n) is 5.71. The minimum atomic E-state index is -4.68. The number of nitrogens with one attached hydrogen (secondary N) is 1. The highest BCUT2D eigenvalue weighted by Gasteiger charge is 2.33. The Hall–Kier alpha value is -2.44. The highest BCUT2D eigenvalue weighted by atomic mass is 19.4. The second kappa shape index (κ2) is 5.51. The minimum absolute atomic E-state index is 0.529. The molecule has 1 amide bonds. The Morgan fingerprint density at radius 1 is 1.00 bits per heavy atom. The Morgan fingerprint density at radius 3 is 2.33 bits per heavy atom. The van der Waals surface area contributed by atoms with Crippen LogP contribution in [-0.4, -0.2) is 5.91 Å². The van der Waals surface area contributed by atoms with Gasteiger partial charge in [0.1, 0.15) is 11.6 Å². The molecule has 0 aromatic heterocycles. The summed E-state index contributed by atoms with van der Waals surface area (Å²) < 4.78 is 64.7. The maximum Gasteiger partial charge on any atom is 0.418 e. The number of benzene rings is 2. The van der Waals surface area contributed by atoms with Gasteiger partial charge in [-0.1, -0.05) is 12.1 Å². The molecule has 0 saturated carbocycles. The molecule has 2 aromatic carbocycles. The van der Waals surface area contributed by atoms with Gasteiger partial charge < -0.3 is 5.32 Å². The number of hydrogen-bond acceptors (Lipinski definition) is 1. The molecule has 0 atom stereocenters. The lowest BCUT2D eigenvalue weighted by Gasteiger charge is -2.13. The van der Waals surface area contributed by atoms with Crippen LogP contribution in [0.5, 0.6) is 0 Å². The Morgan fingerprint density at radius 2 is 1.67 bits per heavy atom. The normalized spacial score (nSPS) is 11.3. The molecule has 2 rings (SSSR count). The number of amides is 1. The Bertz CT molecular complexity index is 681. The summed E-state index contributed by atoms with van der Waals surface area (Å²) in [4.78, 5) is 11.8. The van der Waals surface area contributed by atoms with Crippen LogP contribution < -0.4 is 5.32 Å². The van der Waals surface area contributed by atoms with E-state index in [0.29, 0.717) is 6.07 Å². The highest BCUT2D eigenvalue weighted by molar-refractivity contribution is 6.04. The van der Waals surface area contributed by atoms with Gasteiger partial charge in [-0.05, 0) is 30.3 Å². The average molecular weight is 301 g/mol. The Balaban J connectivity index is 2.35. The van der Waals surface area contributed by atoms with Gasteiger partial charge in [-0.2, -0.15) is 13.2 Å². The lowest BCUT2D eigenvalue weighted by molar-refractivity contribution is -0.136. The zero-order chi connectivity index (χ0) is 15.6. The zero-order valence-electron chi connectivity index (χ0n) is 10.3. The zero-order valence-corrected chi connectivity index (χ0v) is 10.3. The summed E-state index contributed by atoms with van der Waals surface area (Å²) in [5.41, 5.74) is -2.28. The summed E-state index contributed by atoms with van der Waals surface area (Å²) in [5.74, 6) is -3.06. The molecular weight excluding hydrogens is 293 g/mol. The summed E-state index contributed by atoms with van der Waals surface area (Å²) >= 11 is 0. The molecule has 2 aromatic rings. The first-order valence-corrected chi connectivity index (χ1v) is 5.71. The molecule has 21 heavy (non-hydrogen) atoms. The third-order valence-corrected chi connectivity index (χ3v) is 2.65. The molecule has 0 aliphatic carbocycles. The third kappa shape index (κ3) is 3.36. The van der Waals surface area contributed by atoms with Crippen molar-refractivity contribution in [2.75, 3.05) is 5.32 Å². The molecule has 2 nitrogen and oxygen atoms in total. The molecule has 0 radical (unpaired) electrons. The molecule has 0 heterocycles. The largest absolute Gasteiger partial charge is 0.418 e. The maximum atomic E-state index is 13.4. The van der Waals surface area contributed by atoms with Crippen molar-refractivity contribution in [3.63, 3.8) is 0 Å². The fraction of sp³-hybridized carbons (Fsp3) is 0.0714. The van der Waals surface area contributed by atoms with Crippen molar-refractivity contribution < 1.29 is 26.7 Å². The van der Waals surface area contributed by atoms with Gasteiger partial charge in [0.2, 0.25) is 0 Å². The molecule has 110 valence electrons. The number of hydrogen-bond donors (Lipinski definition) is 1. The first-order chi connectivity index (χ1) is 9.79. The van der Waals surface area contributed by atoms with Crippen molar-refractivity contribution in [1.82, 2.24) is 0 Å². The topological polar surface area (TPSA) is 29.1 Å². The van der Waals surface area contributed by atoms with Gasteiger partial charge >= 0.3 is 6.18 Å². The number of carbonyl (C=O) groups is 1. The molecule has 0 aliphatic heterocycles. The van der Waals surface area contributed by atoms with E-state index in [1.165, 1.54) is 6.07 Å². The third-order valence-electron chi connectivity index (χ3n) is 2.65.